The van der Waals surface area contributed by atoms with E-state index >= 15 is 0 Å². The Morgan fingerprint density at radius 1 is 1.04 bits per heavy atom. The van der Waals surface area contributed by atoms with Crippen molar-refractivity contribution in [1.82, 2.24) is 9.13 Å². The quantitative estimate of drug-likeness (QED) is 0.654. The van der Waals surface area contributed by atoms with Crippen molar-refractivity contribution in [3.05, 3.63) is 54.7 Å². The highest BCUT2D eigenvalue weighted by Gasteiger charge is 2.26. The maximum absolute atomic E-state index is 13.0. The predicted molar refractivity (Wildman–Crippen MR) is 106 cm³/mol. The normalized spacial score (nSPS) is 12.3. The summed E-state index contributed by atoms with van der Waals surface area (Å²) in [6.45, 7) is 9.90. The van der Waals surface area contributed by atoms with Crippen molar-refractivity contribution in [3.63, 3.8) is 0 Å². The van der Waals surface area contributed by atoms with Crippen molar-refractivity contribution in [1.29, 1.82) is 0 Å². The Kier molecular flexibility index (Phi) is 5.51. The van der Waals surface area contributed by atoms with E-state index in [1.165, 1.54) is 25.9 Å². The zero-order valence-electron chi connectivity index (χ0n) is 16.3. The fraction of sp³-hybridized carbons (Fsp3) is 0.421. The number of carbonyl (C=O) groups is 1. The van der Waals surface area contributed by atoms with E-state index in [0.29, 0.717) is 0 Å². The highest BCUT2D eigenvalue weighted by Crippen LogP contribution is 2.34. The number of benzene rings is 1. The van der Waals surface area contributed by atoms with Gasteiger partial charge in [-0.2, -0.15) is 0 Å². The molecule has 0 aliphatic heterocycles. The highest BCUT2D eigenvalue weighted by molar-refractivity contribution is 8.00. The monoisotopic (exact) mass is 375 g/mol. The smallest absolute Gasteiger partial charge is 0.332 e. The van der Waals surface area contributed by atoms with E-state index in [-0.39, 0.29) is 17.2 Å². The van der Waals surface area contributed by atoms with Crippen molar-refractivity contribution >= 4 is 23.4 Å². The summed E-state index contributed by atoms with van der Waals surface area (Å²) in [5.74, 6) is -0.467. The summed E-state index contributed by atoms with van der Waals surface area (Å²) >= 11 is 1.42. The molecule has 0 spiro atoms. The molecule has 0 amide bonds. The predicted octanol–water partition coefficient (Wildman–Crippen LogP) is 2.26. The molecule has 140 valence electrons. The Balaban J connectivity index is 2.52. The molecule has 0 bridgehead atoms. The van der Waals surface area contributed by atoms with Crippen LogP contribution in [0.4, 0.5) is 5.82 Å². The number of thioether (sulfide) groups is 1. The second-order valence-electron chi connectivity index (χ2n) is 6.68. The van der Waals surface area contributed by atoms with Gasteiger partial charge in [0.1, 0.15) is 11.4 Å². The van der Waals surface area contributed by atoms with Gasteiger partial charge in [0.15, 0.2) is 5.78 Å². The standard InChI is InChI=1S/C19H25N3O3S/c1-9-8-10(2)12(4)16(11(9)3)26-13(5)15(23)14-17(20)21(6)19(25)22(7)18(14)24/h8,13H,20H2,1-7H3. The van der Waals surface area contributed by atoms with Gasteiger partial charge < -0.3 is 5.73 Å². The molecular formula is C19H25N3O3S. The molecule has 1 unspecified atom stereocenters. The van der Waals surface area contributed by atoms with Gasteiger partial charge in [0.05, 0.1) is 5.25 Å². The molecule has 7 heteroatoms. The van der Waals surface area contributed by atoms with Crippen LogP contribution in [-0.2, 0) is 14.1 Å². The van der Waals surface area contributed by atoms with Gasteiger partial charge >= 0.3 is 5.69 Å². The van der Waals surface area contributed by atoms with Gasteiger partial charge in [0.25, 0.3) is 5.56 Å². The van der Waals surface area contributed by atoms with Gasteiger partial charge in [-0.1, -0.05) is 6.07 Å². The maximum Gasteiger partial charge on any atom is 0.332 e. The molecule has 2 aromatic rings. The molecular weight excluding hydrogens is 350 g/mol. The molecule has 0 radical (unpaired) electrons. The lowest BCUT2D eigenvalue weighted by Gasteiger charge is -2.19. The summed E-state index contributed by atoms with van der Waals surface area (Å²) in [5.41, 5.74) is 9.14. The summed E-state index contributed by atoms with van der Waals surface area (Å²) in [6, 6.07) is 2.13. The van der Waals surface area contributed by atoms with Crippen LogP contribution >= 0.6 is 11.8 Å². The second-order valence-corrected chi connectivity index (χ2v) is 8.03. The number of ketones is 1. The number of aromatic nitrogens is 2. The first-order valence-corrected chi connectivity index (χ1v) is 9.20. The first kappa shape index (κ1) is 20.0. The van der Waals surface area contributed by atoms with Crippen LogP contribution in [0, 0.1) is 27.7 Å². The maximum atomic E-state index is 13.0. The molecule has 0 aliphatic carbocycles. The number of nitrogens with two attached hydrogens (primary N) is 1. The van der Waals surface area contributed by atoms with E-state index in [1.807, 2.05) is 27.7 Å². The van der Waals surface area contributed by atoms with Crippen molar-refractivity contribution < 1.29 is 4.79 Å². The lowest BCUT2D eigenvalue weighted by atomic mass is 10.0. The number of hydrogen-bond acceptors (Lipinski definition) is 5. The number of carbonyl (C=O) groups excluding carboxylic acids is 1. The molecule has 0 fully saturated rings. The molecule has 0 saturated carbocycles. The van der Waals surface area contributed by atoms with Crippen LogP contribution in [-0.4, -0.2) is 20.2 Å². The van der Waals surface area contributed by atoms with E-state index in [9.17, 15) is 14.4 Å². The van der Waals surface area contributed by atoms with Crippen LogP contribution in [0.15, 0.2) is 20.6 Å². The van der Waals surface area contributed by atoms with E-state index in [1.54, 1.807) is 6.92 Å². The molecule has 6 nitrogen and oxygen atoms in total. The summed E-state index contributed by atoms with van der Waals surface area (Å²) in [4.78, 5) is 38.4. The first-order valence-electron chi connectivity index (χ1n) is 8.32. The zero-order valence-corrected chi connectivity index (χ0v) is 17.1. The van der Waals surface area contributed by atoms with E-state index in [4.69, 9.17) is 5.73 Å². The van der Waals surface area contributed by atoms with Gasteiger partial charge in [0, 0.05) is 19.0 Å². The third-order valence-corrected chi connectivity index (χ3v) is 6.33. The number of nitrogens with zero attached hydrogens (tertiary/aromatic N) is 2. The van der Waals surface area contributed by atoms with Crippen molar-refractivity contribution in [2.45, 2.75) is 44.8 Å². The lowest BCUT2D eigenvalue weighted by molar-refractivity contribution is 0.0992. The SMILES string of the molecule is Cc1cc(C)c(C)c(SC(C)C(=O)c2c(N)n(C)c(=O)n(C)c2=O)c1C. The fourth-order valence-electron chi connectivity index (χ4n) is 2.88. The van der Waals surface area contributed by atoms with Gasteiger partial charge in [-0.25, -0.2) is 4.79 Å². The van der Waals surface area contributed by atoms with Crippen molar-refractivity contribution in [2.24, 2.45) is 14.1 Å². The van der Waals surface area contributed by atoms with Crippen molar-refractivity contribution in [3.8, 4) is 0 Å². The second kappa shape index (κ2) is 7.15. The van der Waals surface area contributed by atoms with E-state index in [2.05, 4.69) is 6.07 Å². The van der Waals surface area contributed by atoms with E-state index in [0.717, 1.165) is 36.3 Å². The van der Waals surface area contributed by atoms with Crippen LogP contribution < -0.4 is 17.0 Å². The molecule has 2 rings (SSSR count). The number of hydrogen-bond donors (Lipinski definition) is 1. The van der Waals surface area contributed by atoms with Crippen LogP contribution in [0.2, 0.25) is 0 Å². The average Bonchev–Trinajstić information content (AvgIpc) is 2.60. The zero-order chi connectivity index (χ0) is 19.9. The number of aryl methyl sites for hydroxylation is 2. The molecule has 1 aromatic heterocycles. The Labute approximate surface area is 157 Å². The van der Waals surface area contributed by atoms with Crippen LogP contribution in [0.25, 0.3) is 0 Å². The summed E-state index contributed by atoms with van der Waals surface area (Å²) < 4.78 is 2.04. The number of nitrogen functional groups attached to an aromatic ring is 1. The van der Waals surface area contributed by atoms with Crippen LogP contribution in [0.5, 0.6) is 0 Å². The third kappa shape index (κ3) is 3.23. The van der Waals surface area contributed by atoms with Gasteiger partial charge in [0.2, 0.25) is 0 Å². The average molecular weight is 375 g/mol. The summed E-state index contributed by atoms with van der Waals surface area (Å²) in [5, 5.41) is -0.513. The summed E-state index contributed by atoms with van der Waals surface area (Å²) in [6.07, 6.45) is 0. The Morgan fingerprint density at radius 2 is 1.54 bits per heavy atom. The van der Waals surface area contributed by atoms with Crippen LogP contribution in [0.1, 0.15) is 39.5 Å². The molecule has 26 heavy (non-hydrogen) atoms. The minimum absolute atomic E-state index is 0.0931. The van der Waals surface area contributed by atoms with Gasteiger partial charge in [-0.3, -0.25) is 18.7 Å². The molecule has 0 aliphatic rings. The molecule has 0 saturated heterocycles. The first-order chi connectivity index (χ1) is 12.0. The minimum atomic E-state index is -0.656. The van der Waals surface area contributed by atoms with Gasteiger partial charge in [-0.15, -0.1) is 11.8 Å². The molecule has 1 atom stereocenters. The fourth-order valence-corrected chi connectivity index (χ4v) is 4.14. The lowest BCUT2D eigenvalue weighted by Crippen LogP contribution is -2.42. The summed E-state index contributed by atoms with van der Waals surface area (Å²) in [7, 11) is 2.79. The molecule has 1 heterocycles. The van der Waals surface area contributed by atoms with Crippen molar-refractivity contribution in [2.75, 3.05) is 5.73 Å². The number of Topliss-reactive ketones (excluding diaryl/α,β-unsaturated/α-hetero) is 1. The number of anilines is 1. The topological polar surface area (TPSA) is 87.1 Å². The minimum Gasteiger partial charge on any atom is -0.384 e. The largest absolute Gasteiger partial charge is 0.384 e. The molecule has 2 N–H and O–H groups in total. The number of rotatable bonds is 4. The third-order valence-electron chi connectivity index (χ3n) is 4.92. The van der Waals surface area contributed by atoms with Gasteiger partial charge in [-0.05, 0) is 56.9 Å². The van der Waals surface area contributed by atoms with E-state index < -0.39 is 16.5 Å². The Bertz CT molecular complexity index is 992. The Morgan fingerprint density at radius 3 is 2.04 bits per heavy atom. The highest BCUT2D eigenvalue weighted by atomic mass is 32.2. The van der Waals surface area contributed by atoms with Crippen LogP contribution in [0.3, 0.4) is 0 Å². The molecule has 1 aromatic carbocycles. The Hall–Kier alpha value is -2.28.